The minimum Gasteiger partial charge on any atom is -0.480 e. The number of fused-ring (bicyclic) bond motifs is 6. The van der Waals surface area contributed by atoms with E-state index in [9.17, 15) is 67.7 Å². The van der Waals surface area contributed by atoms with Crippen LogP contribution in [-0.2, 0) is 75.1 Å². The number of para-hydroxylation sites is 4. The first kappa shape index (κ1) is 107. The van der Waals surface area contributed by atoms with Crippen LogP contribution in [0.2, 0.25) is 0 Å². The summed E-state index contributed by atoms with van der Waals surface area (Å²) in [7, 11) is 2.47. The summed E-state index contributed by atoms with van der Waals surface area (Å²) in [5.41, 5.74) is 21.9. The Balaban J connectivity index is 0.000000147. The van der Waals surface area contributed by atoms with E-state index in [1.165, 1.54) is 96.5 Å². The molecule has 147 heavy (non-hydrogen) atoms. The van der Waals surface area contributed by atoms with Gasteiger partial charge in [0.25, 0.3) is 23.6 Å². The van der Waals surface area contributed by atoms with E-state index in [0.717, 1.165) is 119 Å². The second-order valence-corrected chi connectivity index (χ2v) is 43.1. The minimum atomic E-state index is -1.16. The largest absolute Gasteiger partial charge is 0.480 e. The Bertz CT molecular complexity index is 6660. The van der Waals surface area contributed by atoms with Crippen molar-refractivity contribution in [3.63, 3.8) is 0 Å². The summed E-state index contributed by atoms with van der Waals surface area (Å²) < 4.78 is 12.8. The van der Waals surface area contributed by atoms with E-state index in [4.69, 9.17) is 41.4 Å². The lowest BCUT2D eigenvalue weighted by atomic mass is 9.93. The Labute approximate surface area is 868 Å². The van der Waals surface area contributed by atoms with Gasteiger partial charge in [0.1, 0.15) is 76.7 Å². The summed E-state index contributed by atoms with van der Waals surface area (Å²) in [4.78, 5) is 183. The number of hydrogen-bond acceptors (Lipinski definition) is 31. The van der Waals surface area contributed by atoms with Gasteiger partial charge in [0.15, 0.2) is 16.6 Å². The molecule has 7 aliphatic rings. The fourth-order valence-electron chi connectivity index (χ4n) is 18.5. The summed E-state index contributed by atoms with van der Waals surface area (Å²) in [5, 5.41) is 62.2. The second-order valence-electron chi connectivity index (χ2n) is 37.2. The molecule has 0 bridgehead atoms. The summed E-state index contributed by atoms with van der Waals surface area (Å²) in [6, 6.07) is 48.0. The van der Waals surface area contributed by atoms with Crippen LogP contribution in [-0.4, -0.2) is 203 Å². The van der Waals surface area contributed by atoms with Gasteiger partial charge in [0.2, 0.25) is 0 Å². The number of rotatable bonds is 40. The number of thiazole rings is 1. The average Bonchev–Trinajstić information content (AvgIpc) is 1.66. The number of aliphatic imine (C=N–C) groups is 3. The van der Waals surface area contributed by atoms with E-state index in [2.05, 4.69) is 74.3 Å². The highest BCUT2D eigenvalue weighted by Gasteiger charge is 2.38. The monoisotopic (exact) mass is 2080 g/mol. The van der Waals surface area contributed by atoms with E-state index in [1.807, 2.05) is 124 Å². The highest BCUT2D eigenvalue weighted by atomic mass is 32.2. The number of nitrogens with two attached hydrogens (primary N) is 2. The minimum absolute atomic E-state index is 0.0167. The van der Waals surface area contributed by atoms with Crippen molar-refractivity contribution < 1.29 is 86.9 Å². The predicted molar refractivity (Wildman–Crippen MR) is 571 cm³/mol. The Morgan fingerprint density at radius 1 is 0.449 bits per heavy atom. The first-order valence-corrected chi connectivity index (χ1v) is 53.1. The maximum Gasteiger partial charge on any atom is 0.328 e. The average molecular weight is 2090 g/mol. The van der Waals surface area contributed by atoms with Crippen LogP contribution in [0, 0.1) is 22.7 Å². The van der Waals surface area contributed by atoms with E-state index in [-0.39, 0.29) is 122 Å². The highest BCUT2D eigenvalue weighted by Crippen LogP contribution is 2.42. The number of carbonyl (C=O) groups is 12. The SMILES string of the molecule is CC1C(C(=O)NC(CCC(=O)c2cc3cc(CCC4CCNCC4)sc3s2)C(=O)O)=Nc2ccccc21.CC1C(C(=O)NC(CCC(=O)c2cc3cc(CCC4CCNCC4)sc3s2)C(=O)O)=Nc2ccccc21.COC(=O)C(CCC(=O)CC1CC(c2ccc(C(=N)N)cc2)=NO1)NC(=O)C1=Nc2ccccc2C1C.COC(=O)C(CCC(=O)CC1CC(c2ccc(C(=N)N)cc2)=NO1)NC(=O)c1nc2ccccc2s1. The van der Waals surface area contributed by atoms with Gasteiger partial charge in [-0.2, -0.15) is 0 Å². The molecule has 0 spiro atoms. The summed E-state index contributed by atoms with van der Waals surface area (Å²) in [6.45, 7) is 10.1. The molecule has 9 unspecified atom stereocenters. The predicted octanol–water partition coefficient (Wildman–Crippen LogP) is 16.2. The summed E-state index contributed by atoms with van der Waals surface area (Å²) >= 11 is 7.70. The molecule has 11 aromatic rings. The highest BCUT2D eigenvalue weighted by molar-refractivity contribution is 7.39. The number of ketones is 4. The molecule has 12 heterocycles. The lowest BCUT2D eigenvalue weighted by molar-refractivity contribution is -0.145. The number of nitrogens with zero attached hydrogens (tertiary/aromatic N) is 6. The van der Waals surface area contributed by atoms with Crippen molar-refractivity contribution in [2.24, 2.45) is 48.6 Å². The van der Waals surface area contributed by atoms with Crippen LogP contribution in [0.4, 0.5) is 17.1 Å². The van der Waals surface area contributed by atoms with E-state index < -0.39 is 83.9 Å². The number of Topliss-reactive ketones (excluding diaryl/α,β-unsaturated/α-hetero) is 4. The number of esters is 2. The number of methoxy groups -OCH3 is 2. The zero-order valence-corrected chi connectivity index (χ0v) is 85.9. The number of nitrogens with one attached hydrogen (secondary N) is 8. The maximum absolute atomic E-state index is 12.9. The van der Waals surface area contributed by atoms with Crippen molar-refractivity contribution in [1.82, 2.24) is 36.9 Å². The molecule has 39 heteroatoms. The number of aryl methyl sites for hydroxylation is 2. The van der Waals surface area contributed by atoms with Crippen LogP contribution in [0.15, 0.2) is 195 Å². The summed E-state index contributed by atoms with van der Waals surface area (Å²) in [6.07, 6.45) is 10.4. The number of hydrogen-bond donors (Lipinski definition) is 12. The Hall–Kier alpha value is -14.2. The Kier molecular flexibility index (Phi) is 36.6. The number of amides is 4. The number of amidine groups is 2. The van der Waals surface area contributed by atoms with Crippen molar-refractivity contribution in [1.29, 1.82) is 10.8 Å². The third kappa shape index (κ3) is 28.0. The number of carbonyl (C=O) groups excluding carboxylic acids is 10. The van der Waals surface area contributed by atoms with Crippen LogP contribution < -0.4 is 43.4 Å². The number of aliphatic carboxylic acids is 2. The molecule has 766 valence electrons. The van der Waals surface area contributed by atoms with Gasteiger partial charge in [-0.25, -0.2) is 39.1 Å². The number of ether oxygens (including phenoxy) is 2. The van der Waals surface area contributed by atoms with Gasteiger partial charge in [-0.1, -0.05) is 146 Å². The Morgan fingerprint density at radius 2 is 0.810 bits per heavy atom. The van der Waals surface area contributed by atoms with Crippen molar-refractivity contribution in [2.45, 2.75) is 203 Å². The molecular formula is C108H116N16O18S5. The molecule has 0 aliphatic carbocycles. The number of thiophene rings is 4. The molecule has 9 atom stereocenters. The zero-order chi connectivity index (χ0) is 104. The van der Waals surface area contributed by atoms with Crippen molar-refractivity contribution in [2.75, 3.05) is 40.4 Å². The molecule has 18 rings (SSSR count). The van der Waals surface area contributed by atoms with Crippen LogP contribution in [0.1, 0.15) is 232 Å². The molecule has 5 aromatic heterocycles. The molecule has 34 nitrogen and oxygen atoms in total. The van der Waals surface area contributed by atoms with Crippen LogP contribution in [0.5, 0.6) is 0 Å². The smallest absolute Gasteiger partial charge is 0.328 e. The van der Waals surface area contributed by atoms with Gasteiger partial charge in [0.05, 0.1) is 70.7 Å². The van der Waals surface area contributed by atoms with Crippen LogP contribution in [0.3, 0.4) is 0 Å². The van der Waals surface area contributed by atoms with Gasteiger partial charge in [-0.3, -0.25) is 49.2 Å². The molecule has 7 aliphatic heterocycles. The molecule has 2 fully saturated rings. The molecular weight excluding hydrogens is 1970 g/mol. The normalized spacial score (nSPS) is 17.8. The number of carboxylic acid groups (broad SMARTS) is 2. The first-order chi connectivity index (χ1) is 70.9. The van der Waals surface area contributed by atoms with Crippen LogP contribution >= 0.6 is 56.7 Å². The van der Waals surface area contributed by atoms with E-state index >= 15 is 0 Å². The van der Waals surface area contributed by atoms with E-state index in [0.29, 0.717) is 67.8 Å². The van der Waals surface area contributed by atoms with Gasteiger partial charge in [-0.15, -0.1) is 56.7 Å². The first-order valence-electron chi connectivity index (χ1n) is 49.0. The number of oxime groups is 2. The van der Waals surface area contributed by atoms with Crippen LogP contribution in [0.25, 0.3) is 29.0 Å². The molecule has 2 saturated heterocycles. The molecule has 6 aromatic carbocycles. The molecule has 0 saturated carbocycles. The maximum atomic E-state index is 12.9. The Morgan fingerprint density at radius 3 is 1.17 bits per heavy atom. The third-order valence-corrected chi connectivity index (χ3v) is 32.9. The van der Waals surface area contributed by atoms with Crippen molar-refractivity contribution >= 4 is 214 Å². The summed E-state index contributed by atoms with van der Waals surface area (Å²) in [5.74, 6) is -5.03. The van der Waals surface area contributed by atoms with Crippen molar-refractivity contribution in [3.05, 3.63) is 233 Å². The number of piperidine rings is 2. The van der Waals surface area contributed by atoms with Gasteiger partial charge < -0.3 is 72.7 Å². The second kappa shape index (κ2) is 50.3. The van der Waals surface area contributed by atoms with Gasteiger partial charge in [-0.05, 0) is 197 Å². The number of aromatic nitrogens is 1. The fourth-order valence-corrected chi connectivity index (χ4v) is 24.3. The lowest BCUT2D eigenvalue weighted by Gasteiger charge is -2.22. The number of nitrogen functional groups attached to an aromatic ring is 2. The molecule has 0 radical (unpaired) electrons. The fraction of sp³-hybridized carbons (Fsp3) is 0.370. The number of benzene rings is 6. The molecule has 14 N–H and O–H groups in total. The van der Waals surface area contributed by atoms with Gasteiger partial charge >= 0.3 is 23.9 Å². The van der Waals surface area contributed by atoms with E-state index in [1.54, 1.807) is 77.3 Å². The third-order valence-electron chi connectivity index (χ3n) is 26.9. The van der Waals surface area contributed by atoms with Crippen molar-refractivity contribution in [3.8, 4) is 0 Å². The van der Waals surface area contributed by atoms with Gasteiger partial charge in [0, 0.05) is 101 Å². The molecule has 4 amide bonds. The number of carboxylic acids is 2. The lowest BCUT2D eigenvalue weighted by Crippen LogP contribution is -2.45. The topological polar surface area (TPSA) is 529 Å². The zero-order valence-electron chi connectivity index (χ0n) is 81.8. The quantitative estimate of drug-likeness (QED) is 0.00734. The standard InChI is InChI=1S/2C28H31N3O4S2.C27H29N5O5.C25H25N5O5S/c2*1-16-20-4-2-3-5-21(20)30-25(16)26(33)31-22(27(34)35)8-9-23(32)24-15-18-14-19(36-28(18)37-24)7-6-17-10-12-29-13-11-17;1-15-20-5-3-4-6-21(20)30-24(15)26(34)31-22(27(35)36-2)12-11-18(33)13-19-14-23(32-37-19)16-7-9-17(10-8-16)25(28)29;1-34-25(33)19(28-23(32)24-29-18-4-2-3-5-21(18)36-24)11-10-16(31)12-17-13-20(30-35-17)14-6-8-15(9-7-14)22(26)27/h2*2-5,14-17,22,29H,6-13H2,1H3,(H,31,33)(H,34,35);3-10,15,19,22H,11-14H2,1-2H3,(H3,28,29)(H,31,34);2-9,17,19H,10-13H2,1H3,(H3,26,27)(H,28,32).